The van der Waals surface area contributed by atoms with Gasteiger partial charge in [0.25, 0.3) is 5.19 Å². The highest BCUT2D eigenvalue weighted by Crippen LogP contribution is 2.31. The zero-order valence-electron chi connectivity index (χ0n) is 9.74. The zero-order chi connectivity index (χ0) is 13.2. The van der Waals surface area contributed by atoms with Crippen molar-refractivity contribution in [2.75, 3.05) is 0 Å². The smallest absolute Gasteiger partial charge is 0.335 e. The molecule has 0 radical (unpaired) electrons. The molecule has 94 valence electrons. The first-order valence-electron chi connectivity index (χ1n) is 5.59. The summed E-state index contributed by atoms with van der Waals surface area (Å²) in [5.74, 6) is -0.250. The molecule has 2 aromatic carbocycles. The van der Waals surface area contributed by atoms with E-state index in [0.717, 1.165) is 4.70 Å². The molecule has 5 heteroatoms. The van der Waals surface area contributed by atoms with Crippen LogP contribution >= 0.6 is 11.3 Å². The quantitative estimate of drug-likeness (QED) is 0.787. The van der Waals surface area contributed by atoms with Crippen molar-refractivity contribution in [2.24, 2.45) is 0 Å². The Balaban J connectivity index is 1.95. The molecule has 3 rings (SSSR count). The number of rotatable bonds is 3. The van der Waals surface area contributed by atoms with Crippen LogP contribution in [-0.2, 0) is 0 Å². The Hall–Kier alpha value is -2.40. The summed E-state index contributed by atoms with van der Waals surface area (Å²) in [6.07, 6.45) is 0. The summed E-state index contributed by atoms with van der Waals surface area (Å²) in [4.78, 5) is 15.2. The van der Waals surface area contributed by atoms with Gasteiger partial charge in [-0.3, -0.25) is 0 Å². The maximum absolute atomic E-state index is 10.9. The van der Waals surface area contributed by atoms with E-state index in [1.165, 1.54) is 11.3 Å². The molecule has 0 unspecified atom stereocenters. The lowest BCUT2D eigenvalue weighted by Gasteiger charge is -1.98. The lowest BCUT2D eigenvalue weighted by atomic mass is 10.2. The van der Waals surface area contributed by atoms with Crippen LogP contribution in [0.1, 0.15) is 10.4 Å². The van der Waals surface area contributed by atoms with Crippen molar-refractivity contribution in [3.8, 4) is 10.9 Å². The van der Waals surface area contributed by atoms with Gasteiger partial charge >= 0.3 is 5.97 Å². The second-order valence-electron chi connectivity index (χ2n) is 3.88. The number of aromatic nitrogens is 1. The molecule has 0 atom stereocenters. The number of carboxylic acids is 1. The standard InChI is InChI=1S/C14H9NO3S/c16-13(17)9-6-7-12-11(8-9)15-14(19-12)18-10-4-2-1-3-5-10/h1-8H,(H,16,17). The van der Waals surface area contributed by atoms with Gasteiger partial charge in [0.15, 0.2) is 0 Å². The molecule has 19 heavy (non-hydrogen) atoms. The van der Waals surface area contributed by atoms with Crippen LogP contribution in [0.25, 0.3) is 10.2 Å². The van der Waals surface area contributed by atoms with Crippen molar-refractivity contribution < 1.29 is 14.6 Å². The molecule has 0 aliphatic heterocycles. The van der Waals surface area contributed by atoms with Gasteiger partial charge in [0, 0.05) is 0 Å². The Morgan fingerprint density at radius 1 is 1.16 bits per heavy atom. The minimum Gasteiger partial charge on any atom is -0.478 e. The Kier molecular flexibility index (Phi) is 2.89. The molecule has 3 aromatic rings. The van der Waals surface area contributed by atoms with Gasteiger partial charge in [0.1, 0.15) is 5.75 Å². The van der Waals surface area contributed by atoms with Crippen LogP contribution in [-0.4, -0.2) is 16.1 Å². The van der Waals surface area contributed by atoms with Crippen molar-refractivity contribution in [1.29, 1.82) is 0 Å². The topological polar surface area (TPSA) is 59.4 Å². The largest absolute Gasteiger partial charge is 0.478 e. The van der Waals surface area contributed by atoms with Gasteiger partial charge < -0.3 is 9.84 Å². The van der Waals surface area contributed by atoms with E-state index in [-0.39, 0.29) is 5.56 Å². The monoisotopic (exact) mass is 271 g/mol. The van der Waals surface area contributed by atoms with E-state index in [1.807, 2.05) is 30.3 Å². The summed E-state index contributed by atoms with van der Waals surface area (Å²) in [6, 6.07) is 14.2. The van der Waals surface area contributed by atoms with E-state index >= 15 is 0 Å². The summed E-state index contributed by atoms with van der Waals surface area (Å²) < 4.78 is 6.52. The van der Waals surface area contributed by atoms with Crippen LogP contribution < -0.4 is 4.74 Å². The Labute approximate surface area is 112 Å². The lowest BCUT2D eigenvalue weighted by molar-refractivity contribution is 0.0697. The zero-order valence-corrected chi connectivity index (χ0v) is 10.6. The van der Waals surface area contributed by atoms with Gasteiger partial charge in [0.05, 0.1) is 15.8 Å². The van der Waals surface area contributed by atoms with Crippen LogP contribution in [0.3, 0.4) is 0 Å². The molecule has 4 nitrogen and oxygen atoms in total. The number of carbonyl (C=O) groups is 1. The Bertz CT molecular complexity index is 737. The number of benzene rings is 2. The van der Waals surface area contributed by atoms with Crippen LogP contribution in [0.15, 0.2) is 48.5 Å². The highest BCUT2D eigenvalue weighted by atomic mass is 32.1. The summed E-state index contributed by atoms with van der Waals surface area (Å²) in [7, 11) is 0. The molecule has 1 heterocycles. The third-order valence-electron chi connectivity index (χ3n) is 2.56. The fourth-order valence-electron chi connectivity index (χ4n) is 1.67. The lowest BCUT2D eigenvalue weighted by Crippen LogP contribution is -1.94. The first kappa shape index (κ1) is 11.7. The van der Waals surface area contributed by atoms with E-state index in [1.54, 1.807) is 18.2 Å². The molecule has 0 aliphatic carbocycles. The highest BCUT2D eigenvalue weighted by molar-refractivity contribution is 7.20. The van der Waals surface area contributed by atoms with Crippen LogP contribution in [0.4, 0.5) is 0 Å². The van der Waals surface area contributed by atoms with Crippen molar-refractivity contribution in [3.63, 3.8) is 0 Å². The highest BCUT2D eigenvalue weighted by Gasteiger charge is 2.09. The normalized spacial score (nSPS) is 10.5. The number of nitrogens with zero attached hydrogens (tertiary/aromatic N) is 1. The van der Waals surface area contributed by atoms with Gasteiger partial charge in [-0.15, -0.1) is 0 Å². The molecule has 1 aromatic heterocycles. The number of ether oxygens (including phenoxy) is 1. The predicted octanol–water partition coefficient (Wildman–Crippen LogP) is 3.79. The van der Waals surface area contributed by atoms with Gasteiger partial charge in [-0.2, -0.15) is 0 Å². The maximum Gasteiger partial charge on any atom is 0.335 e. The van der Waals surface area contributed by atoms with Crippen molar-refractivity contribution in [1.82, 2.24) is 4.98 Å². The maximum atomic E-state index is 10.9. The third-order valence-corrected chi connectivity index (χ3v) is 3.48. The van der Waals surface area contributed by atoms with Gasteiger partial charge in [0.2, 0.25) is 0 Å². The van der Waals surface area contributed by atoms with Crippen LogP contribution in [0.2, 0.25) is 0 Å². The minimum absolute atomic E-state index is 0.226. The summed E-state index contributed by atoms with van der Waals surface area (Å²) in [5, 5.41) is 9.43. The number of thiazole rings is 1. The van der Waals surface area contributed by atoms with Crippen molar-refractivity contribution >= 4 is 27.5 Å². The van der Waals surface area contributed by atoms with Crippen molar-refractivity contribution in [3.05, 3.63) is 54.1 Å². The summed E-state index contributed by atoms with van der Waals surface area (Å²) >= 11 is 1.39. The number of carboxylic acid groups (broad SMARTS) is 1. The molecular formula is C14H9NO3S. The van der Waals surface area contributed by atoms with E-state index in [4.69, 9.17) is 9.84 Å². The van der Waals surface area contributed by atoms with Crippen LogP contribution in [0.5, 0.6) is 10.9 Å². The first-order valence-corrected chi connectivity index (χ1v) is 6.41. The fourth-order valence-corrected chi connectivity index (χ4v) is 2.49. The average molecular weight is 271 g/mol. The van der Waals surface area contributed by atoms with Gasteiger partial charge in [-0.25, -0.2) is 9.78 Å². The van der Waals surface area contributed by atoms with E-state index in [0.29, 0.717) is 16.5 Å². The fraction of sp³-hybridized carbons (Fsp3) is 0. The molecule has 1 N–H and O–H groups in total. The van der Waals surface area contributed by atoms with Crippen molar-refractivity contribution in [2.45, 2.75) is 0 Å². The van der Waals surface area contributed by atoms with Gasteiger partial charge in [-0.05, 0) is 30.3 Å². The Morgan fingerprint density at radius 2 is 1.95 bits per heavy atom. The molecule has 0 bridgehead atoms. The van der Waals surface area contributed by atoms with E-state index in [9.17, 15) is 4.79 Å². The predicted molar refractivity (Wildman–Crippen MR) is 73.1 cm³/mol. The molecule has 0 saturated heterocycles. The number of para-hydroxylation sites is 1. The number of hydrogen-bond acceptors (Lipinski definition) is 4. The third kappa shape index (κ3) is 2.41. The molecule has 0 saturated carbocycles. The van der Waals surface area contributed by atoms with E-state index < -0.39 is 5.97 Å². The second kappa shape index (κ2) is 4.70. The Morgan fingerprint density at radius 3 is 2.68 bits per heavy atom. The molecule has 0 amide bonds. The summed E-state index contributed by atoms with van der Waals surface area (Å²) in [6.45, 7) is 0. The minimum atomic E-state index is -0.958. The number of aromatic carboxylic acids is 1. The molecular weight excluding hydrogens is 262 g/mol. The molecule has 0 fully saturated rings. The first-order chi connectivity index (χ1) is 9.22. The summed E-state index contributed by atoms with van der Waals surface area (Å²) in [5.41, 5.74) is 0.861. The average Bonchev–Trinajstić information content (AvgIpc) is 2.80. The van der Waals surface area contributed by atoms with Gasteiger partial charge in [-0.1, -0.05) is 29.5 Å². The molecule has 0 aliphatic rings. The molecule has 0 spiro atoms. The number of fused-ring (bicyclic) bond motifs is 1. The number of hydrogen-bond donors (Lipinski definition) is 1. The van der Waals surface area contributed by atoms with Crippen LogP contribution in [0, 0.1) is 0 Å². The second-order valence-corrected chi connectivity index (χ2v) is 4.88. The van der Waals surface area contributed by atoms with E-state index in [2.05, 4.69) is 4.98 Å². The SMILES string of the molecule is O=C(O)c1ccc2sc(Oc3ccccc3)nc2c1.